The summed E-state index contributed by atoms with van der Waals surface area (Å²) in [6, 6.07) is 6.97. The van der Waals surface area contributed by atoms with Crippen molar-refractivity contribution >= 4 is 28.5 Å². The number of anilines is 1. The average molecular weight is 316 g/mol. The summed E-state index contributed by atoms with van der Waals surface area (Å²) in [6.07, 6.45) is 1.61. The van der Waals surface area contributed by atoms with Gasteiger partial charge in [0.1, 0.15) is 5.82 Å². The van der Waals surface area contributed by atoms with Crippen molar-refractivity contribution in [1.82, 2.24) is 14.3 Å². The van der Waals surface area contributed by atoms with Gasteiger partial charge in [-0.2, -0.15) is 4.37 Å². The highest BCUT2D eigenvalue weighted by Crippen LogP contribution is 2.22. The standard InChI is InChI=1S/C15H16N4O2S/c1-10-17-15(22-18-10)16-8-4-5-9-19-13(20)11-6-2-3-7-12(11)14(19)21/h2-3,6-7H,4-5,8-9H2,1H3,(H,16,17,18). The number of unbranched alkanes of at least 4 members (excludes halogenated alkanes) is 1. The lowest BCUT2D eigenvalue weighted by atomic mass is 10.1. The van der Waals surface area contributed by atoms with Gasteiger partial charge in [0.2, 0.25) is 5.13 Å². The maximum atomic E-state index is 12.2. The van der Waals surface area contributed by atoms with Crippen molar-refractivity contribution in [2.75, 3.05) is 18.4 Å². The lowest BCUT2D eigenvalue weighted by Gasteiger charge is -2.13. The van der Waals surface area contributed by atoms with Crippen LogP contribution in [0, 0.1) is 6.92 Å². The molecule has 6 nitrogen and oxygen atoms in total. The van der Waals surface area contributed by atoms with Gasteiger partial charge in [-0.3, -0.25) is 14.5 Å². The molecule has 0 saturated heterocycles. The predicted molar refractivity (Wildman–Crippen MR) is 84.2 cm³/mol. The highest BCUT2D eigenvalue weighted by Gasteiger charge is 2.34. The van der Waals surface area contributed by atoms with Crippen LogP contribution in [0.15, 0.2) is 24.3 Å². The number of nitrogens with one attached hydrogen (secondary N) is 1. The number of carbonyl (C=O) groups excluding carboxylic acids is 2. The minimum atomic E-state index is -0.187. The normalized spacial score (nSPS) is 13.6. The zero-order valence-electron chi connectivity index (χ0n) is 12.2. The van der Waals surface area contributed by atoms with Crippen LogP contribution < -0.4 is 5.32 Å². The van der Waals surface area contributed by atoms with E-state index in [9.17, 15) is 9.59 Å². The zero-order valence-corrected chi connectivity index (χ0v) is 13.0. The van der Waals surface area contributed by atoms with Crippen LogP contribution in [0.25, 0.3) is 0 Å². The molecule has 0 radical (unpaired) electrons. The second-order valence-electron chi connectivity index (χ2n) is 5.09. The van der Waals surface area contributed by atoms with E-state index >= 15 is 0 Å². The molecule has 0 spiro atoms. The SMILES string of the molecule is Cc1nsc(NCCCCN2C(=O)c3ccccc3C2=O)n1. The number of amides is 2. The predicted octanol–water partition coefficient (Wildman–Crippen LogP) is 2.33. The van der Waals surface area contributed by atoms with Crippen molar-refractivity contribution < 1.29 is 9.59 Å². The van der Waals surface area contributed by atoms with Crippen LogP contribution in [0.3, 0.4) is 0 Å². The fraction of sp³-hybridized carbons (Fsp3) is 0.333. The van der Waals surface area contributed by atoms with Crippen molar-refractivity contribution in [3.8, 4) is 0 Å². The van der Waals surface area contributed by atoms with E-state index < -0.39 is 0 Å². The topological polar surface area (TPSA) is 75.2 Å². The summed E-state index contributed by atoms with van der Waals surface area (Å²) in [4.78, 5) is 29.9. The molecule has 2 aromatic rings. The molecule has 2 heterocycles. The Bertz CT molecular complexity index is 678. The first-order valence-electron chi connectivity index (χ1n) is 7.16. The molecule has 0 saturated carbocycles. The number of fused-ring (bicyclic) bond motifs is 1. The largest absolute Gasteiger partial charge is 0.360 e. The Morgan fingerprint density at radius 2 is 1.82 bits per heavy atom. The first-order valence-corrected chi connectivity index (χ1v) is 7.93. The van der Waals surface area contributed by atoms with Crippen LogP contribution in [-0.2, 0) is 0 Å². The third-order valence-corrected chi connectivity index (χ3v) is 4.25. The Hall–Kier alpha value is -2.28. The molecule has 1 aromatic carbocycles. The monoisotopic (exact) mass is 316 g/mol. The summed E-state index contributed by atoms with van der Waals surface area (Å²) in [5.41, 5.74) is 1.02. The zero-order chi connectivity index (χ0) is 15.5. The molecular formula is C15H16N4O2S. The van der Waals surface area contributed by atoms with E-state index in [1.54, 1.807) is 24.3 Å². The number of nitrogens with zero attached hydrogens (tertiary/aromatic N) is 3. The van der Waals surface area contributed by atoms with Crippen molar-refractivity contribution in [2.45, 2.75) is 19.8 Å². The van der Waals surface area contributed by atoms with Crippen LogP contribution in [0.4, 0.5) is 5.13 Å². The van der Waals surface area contributed by atoms with E-state index in [1.165, 1.54) is 16.4 Å². The summed E-state index contributed by atoms with van der Waals surface area (Å²) in [5, 5.41) is 3.99. The Kier molecular flexibility index (Phi) is 4.15. The quantitative estimate of drug-likeness (QED) is 0.654. The molecule has 7 heteroatoms. The van der Waals surface area contributed by atoms with Crippen LogP contribution >= 0.6 is 11.5 Å². The van der Waals surface area contributed by atoms with Crippen molar-refractivity contribution in [3.05, 3.63) is 41.2 Å². The van der Waals surface area contributed by atoms with E-state index in [4.69, 9.17) is 0 Å². The van der Waals surface area contributed by atoms with Gasteiger partial charge in [-0.15, -0.1) is 0 Å². The van der Waals surface area contributed by atoms with Gasteiger partial charge < -0.3 is 5.32 Å². The van der Waals surface area contributed by atoms with Crippen LogP contribution in [0.5, 0.6) is 0 Å². The second-order valence-corrected chi connectivity index (χ2v) is 5.84. The molecule has 0 aliphatic carbocycles. The van der Waals surface area contributed by atoms with Gasteiger partial charge in [-0.25, -0.2) is 4.98 Å². The fourth-order valence-electron chi connectivity index (χ4n) is 2.40. The van der Waals surface area contributed by atoms with E-state index in [2.05, 4.69) is 14.7 Å². The molecule has 1 aliphatic heterocycles. The minimum absolute atomic E-state index is 0.187. The molecule has 22 heavy (non-hydrogen) atoms. The van der Waals surface area contributed by atoms with Gasteiger partial charge in [-0.05, 0) is 31.9 Å². The first-order chi connectivity index (χ1) is 10.7. The highest BCUT2D eigenvalue weighted by atomic mass is 32.1. The van der Waals surface area contributed by atoms with E-state index in [1.807, 2.05) is 6.92 Å². The number of hydrogen-bond donors (Lipinski definition) is 1. The lowest BCUT2D eigenvalue weighted by Crippen LogP contribution is -2.30. The van der Waals surface area contributed by atoms with E-state index in [0.29, 0.717) is 17.7 Å². The lowest BCUT2D eigenvalue weighted by molar-refractivity contribution is 0.0652. The summed E-state index contributed by atoms with van der Waals surface area (Å²) >= 11 is 1.33. The molecule has 2 amide bonds. The molecule has 1 aliphatic rings. The van der Waals surface area contributed by atoms with Gasteiger partial charge in [0.15, 0.2) is 0 Å². The van der Waals surface area contributed by atoms with E-state index in [-0.39, 0.29) is 11.8 Å². The Morgan fingerprint density at radius 3 is 2.41 bits per heavy atom. The molecule has 0 atom stereocenters. The second kappa shape index (κ2) is 6.23. The van der Waals surface area contributed by atoms with Gasteiger partial charge in [0.25, 0.3) is 11.8 Å². The first kappa shape index (κ1) is 14.6. The van der Waals surface area contributed by atoms with Crippen molar-refractivity contribution in [2.24, 2.45) is 0 Å². The van der Waals surface area contributed by atoms with E-state index in [0.717, 1.165) is 30.3 Å². The number of aromatic nitrogens is 2. The third kappa shape index (κ3) is 2.85. The average Bonchev–Trinajstić information content (AvgIpc) is 3.04. The van der Waals surface area contributed by atoms with Crippen LogP contribution in [-0.4, -0.2) is 39.2 Å². The number of benzene rings is 1. The highest BCUT2D eigenvalue weighted by molar-refractivity contribution is 7.09. The van der Waals surface area contributed by atoms with Gasteiger partial charge in [0.05, 0.1) is 11.1 Å². The minimum Gasteiger partial charge on any atom is -0.360 e. The Labute approximate surface area is 132 Å². The van der Waals surface area contributed by atoms with Gasteiger partial charge in [-0.1, -0.05) is 12.1 Å². The Morgan fingerprint density at radius 1 is 1.14 bits per heavy atom. The van der Waals surface area contributed by atoms with Gasteiger partial charge >= 0.3 is 0 Å². The van der Waals surface area contributed by atoms with Crippen LogP contribution in [0.1, 0.15) is 39.4 Å². The molecular weight excluding hydrogens is 300 g/mol. The Balaban J connectivity index is 1.47. The summed E-state index contributed by atoms with van der Waals surface area (Å²) < 4.78 is 4.09. The van der Waals surface area contributed by atoms with Crippen molar-refractivity contribution in [1.29, 1.82) is 0 Å². The number of aryl methyl sites for hydroxylation is 1. The van der Waals surface area contributed by atoms with Gasteiger partial charge in [0, 0.05) is 24.6 Å². The summed E-state index contributed by atoms with van der Waals surface area (Å²) in [5.74, 6) is 0.389. The number of hydrogen-bond acceptors (Lipinski definition) is 6. The number of carbonyl (C=O) groups is 2. The maximum Gasteiger partial charge on any atom is 0.261 e. The number of rotatable bonds is 6. The molecule has 1 aromatic heterocycles. The third-order valence-electron chi connectivity index (χ3n) is 3.49. The molecule has 114 valence electrons. The fourth-order valence-corrected chi connectivity index (χ4v) is 3.00. The van der Waals surface area contributed by atoms with Crippen LogP contribution in [0.2, 0.25) is 0 Å². The van der Waals surface area contributed by atoms with Crippen molar-refractivity contribution in [3.63, 3.8) is 0 Å². The summed E-state index contributed by atoms with van der Waals surface area (Å²) in [6.45, 7) is 3.05. The molecule has 0 bridgehead atoms. The summed E-state index contributed by atoms with van der Waals surface area (Å²) in [7, 11) is 0. The number of imide groups is 1. The molecule has 1 N–H and O–H groups in total. The maximum absolute atomic E-state index is 12.2. The molecule has 0 unspecified atom stereocenters. The smallest absolute Gasteiger partial charge is 0.261 e. The molecule has 0 fully saturated rings. The molecule has 3 rings (SSSR count).